The van der Waals surface area contributed by atoms with Crippen LogP contribution in [0.25, 0.3) is 0 Å². The van der Waals surface area contributed by atoms with Gasteiger partial charge in [-0.3, -0.25) is 24.0 Å². The molecule has 35 heavy (non-hydrogen) atoms. The van der Waals surface area contributed by atoms with Gasteiger partial charge in [0.1, 0.15) is 18.1 Å². The summed E-state index contributed by atoms with van der Waals surface area (Å²) < 4.78 is 5.25. The second kappa shape index (κ2) is 17.5. The predicted octanol–water partition coefficient (Wildman–Crippen LogP) is -0.647. The molecule has 0 saturated heterocycles. The van der Waals surface area contributed by atoms with Crippen molar-refractivity contribution in [3.8, 4) is 0 Å². The maximum Gasteiger partial charge on any atom is 0.329 e. The van der Waals surface area contributed by atoms with Crippen LogP contribution in [0.1, 0.15) is 58.8 Å². The van der Waals surface area contributed by atoms with Crippen LogP contribution in [-0.2, 0) is 33.5 Å². The van der Waals surface area contributed by atoms with E-state index in [-0.39, 0.29) is 30.8 Å². The molecule has 4 atom stereocenters. The van der Waals surface area contributed by atoms with Crippen LogP contribution < -0.4 is 22.1 Å². The lowest BCUT2D eigenvalue weighted by atomic mass is 10.1. The van der Waals surface area contributed by atoms with Gasteiger partial charge in [-0.2, -0.15) is 11.8 Å². The Morgan fingerprint density at radius 1 is 0.943 bits per heavy atom. The third-order valence-electron chi connectivity index (χ3n) is 4.72. The molecule has 0 rings (SSSR count). The van der Waals surface area contributed by atoms with Crippen LogP contribution in [0.4, 0.5) is 0 Å². The van der Waals surface area contributed by atoms with Crippen molar-refractivity contribution < 1.29 is 43.7 Å². The van der Waals surface area contributed by atoms with Crippen LogP contribution in [0.15, 0.2) is 0 Å². The normalized spacial score (nSPS) is 14.1. The van der Waals surface area contributed by atoms with Crippen molar-refractivity contribution in [2.24, 2.45) is 11.5 Å². The Hall–Kier alpha value is -2.87. The Morgan fingerprint density at radius 3 is 2.14 bits per heavy atom. The number of carbonyl (C=O) groups is 6. The average molecular weight is 521 g/mol. The second-order valence-electron chi connectivity index (χ2n) is 7.91. The summed E-state index contributed by atoms with van der Waals surface area (Å²) in [6, 6.07) is -3.78. The highest BCUT2D eigenvalue weighted by Crippen LogP contribution is 2.12. The molecule has 3 amide bonds. The topological polar surface area (TPSA) is 228 Å². The van der Waals surface area contributed by atoms with E-state index < -0.39 is 59.9 Å². The number of amides is 3. The molecule has 0 fully saturated rings. The Balaban J connectivity index is 5.36. The smallest absolute Gasteiger partial charge is 0.329 e. The highest BCUT2D eigenvalue weighted by molar-refractivity contribution is 7.99. The van der Waals surface area contributed by atoms with Crippen molar-refractivity contribution >= 4 is 47.4 Å². The van der Waals surface area contributed by atoms with E-state index in [2.05, 4.69) is 10.6 Å². The number of unbranched alkanes of at least 4 members (excludes halogenated alkanes) is 3. The Kier molecular flexibility index (Phi) is 16.1. The van der Waals surface area contributed by atoms with Gasteiger partial charge in [0, 0.05) is 24.3 Å². The standard InChI is InChI=1S/C21H36N4O9S/c1-3-4-5-6-7-17(27)25-14(8-9-16(23)26)21(33)34-15(11-35-10-13(22)20(31)32)18(28)24-12(2)19(29)30/h12-15H,3-11,22H2,1-2H3,(H2,23,26)(H,24,28)(H,25,27)(H,29,30)(H,31,32)/t12-,13+,14-,15-/m1/s1. The summed E-state index contributed by atoms with van der Waals surface area (Å²) in [7, 11) is 0. The van der Waals surface area contributed by atoms with E-state index in [1.807, 2.05) is 6.92 Å². The number of rotatable bonds is 19. The molecule has 8 N–H and O–H groups in total. The molecule has 0 heterocycles. The summed E-state index contributed by atoms with van der Waals surface area (Å²) in [6.07, 6.45) is 1.63. The molecule has 0 aromatic carbocycles. The molecular weight excluding hydrogens is 484 g/mol. The summed E-state index contributed by atoms with van der Waals surface area (Å²) in [5, 5.41) is 22.6. The average Bonchev–Trinajstić information content (AvgIpc) is 2.78. The van der Waals surface area contributed by atoms with Crippen molar-refractivity contribution in [3.05, 3.63) is 0 Å². The molecule has 0 aliphatic carbocycles. The van der Waals surface area contributed by atoms with Crippen LogP contribution in [0.5, 0.6) is 0 Å². The Bertz CT molecular complexity index is 750. The number of ether oxygens (including phenoxy) is 1. The van der Waals surface area contributed by atoms with Crippen molar-refractivity contribution in [3.63, 3.8) is 0 Å². The molecule has 0 aromatic heterocycles. The van der Waals surface area contributed by atoms with Gasteiger partial charge in [0.2, 0.25) is 11.8 Å². The molecule has 0 spiro atoms. The Morgan fingerprint density at radius 2 is 1.60 bits per heavy atom. The SMILES string of the molecule is CCCCCCC(=O)N[C@H](CCC(N)=O)C(=O)O[C@H](CSC[C@H](N)C(=O)O)C(=O)N[C@H](C)C(=O)O. The van der Waals surface area contributed by atoms with Crippen LogP contribution >= 0.6 is 11.8 Å². The van der Waals surface area contributed by atoms with Crippen LogP contribution in [0, 0.1) is 0 Å². The summed E-state index contributed by atoms with van der Waals surface area (Å²) in [4.78, 5) is 70.8. The molecule has 14 heteroatoms. The highest BCUT2D eigenvalue weighted by Gasteiger charge is 2.31. The zero-order valence-electron chi connectivity index (χ0n) is 20.0. The first kappa shape index (κ1) is 32.1. The summed E-state index contributed by atoms with van der Waals surface area (Å²) in [5.74, 6) is -5.99. The lowest BCUT2D eigenvalue weighted by Gasteiger charge is -2.23. The number of carbonyl (C=O) groups excluding carboxylic acids is 4. The largest absolute Gasteiger partial charge is 0.480 e. The number of thioether (sulfide) groups is 1. The number of nitrogens with two attached hydrogens (primary N) is 2. The lowest BCUT2D eigenvalue weighted by molar-refractivity contribution is -0.158. The second-order valence-corrected chi connectivity index (χ2v) is 8.99. The highest BCUT2D eigenvalue weighted by atomic mass is 32.2. The summed E-state index contributed by atoms with van der Waals surface area (Å²) in [6.45, 7) is 3.23. The first-order valence-electron chi connectivity index (χ1n) is 11.3. The van der Waals surface area contributed by atoms with E-state index in [0.717, 1.165) is 31.0 Å². The molecule has 0 radical (unpaired) electrons. The molecular formula is C21H36N4O9S. The van der Waals surface area contributed by atoms with E-state index in [4.69, 9.17) is 26.4 Å². The number of aliphatic carboxylic acids is 2. The number of hydrogen-bond donors (Lipinski definition) is 6. The zero-order valence-corrected chi connectivity index (χ0v) is 20.8. The van der Waals surface area contributed by atoms with Crippen molar-refractivity contribution in [2.45, 2.75) is 83.0 Å². The molecule has 200 valence electrons. The van der Waals surface area contributed by atoms with Gasteiger partial charge in [-0.1, -0.05) is 26.2 Å². The van der Waals surface area contributed by atoms with Crippen molar-refractivity contribution in [1.82, 2.24) is 10.6 Å². The van der Waals surface area contributed by atoms with E-state index in [1.165, 1.54) is 6.92 Å². The first-order chi connectivity index (χ1) is 16.4. The number of carboxylic acids is 2. The van der Waals surface area contributed by atoms with Crippen molar-refractivity contribution in [1.29, 1.82) is 0 Å². The fourth-order valence-electron chi connectivity index (χ4n) is 2.64. The molecule has 0 saturated carbocycles. The molecule has 0 bridgehead atoms. The molecule has 0 aromatic rings. The number of primary amides is 1. The van der Waals surface area contributed by atoms with Crippen molar-refractivity contribution in [2.75, 3.05) is 11.5 Å². The minimum Gasteiger partial charge on any atom is -0.480 e. The summed E-state index contributed by atoms with van der Waals surface area (Å²) >= 11 is 0.910. The van der Waals surface area contributed by atoms with Gasteiger partial charge >= 0.3 is 17.9 Å². The number of hydrogen-bond acceptors (Lipinski definition) is 9. The minimum atomic E-state index is -1.51. The molecule has 0 aliphatic rings. The third-order valence-corrected chi connectivity index (χ3v) is 5.85. The van der Waals surface area contributed by atoms with Crippen LogP contribution in [-0.4, -0.2) is 81.6 Å². The fourth-order valence-corrected chi connectivity index (χ4v) is 3.61. The van der Waals surface area contributed by atoms with Gasteiger partial charge < -0.3 is 37.1 Å². The van der Waals surface area contributed by atoms with E-state index in [1.54, 1.807) is 0 Å². The molecule has 0 aliphatic heterocycles. The van der Waals surface area contributed by atoms with Gasteiger partial charge in [0.15, 0.2) is 6.10 Å². The molecule has 0 unspecified atom stereocenters. The molecule has 13 nitrogen and oxygen atoms in total. The number of esters is 1. The zero-order chi connectivity index (χ0) is 27.0. The van der Waals surface area contributed by atoms with Gasteiger partial charge in [0.05, 0.1) is 0 Å². The lowest BCUT2D eigenvalue weighted by Crippen LogP contribution is -2.49. The predicted molar refractivity (Wildman–Crippen MR) is 127 cm³/mol. The van der Waals surface area contributed by atoms with E-state index in [0.29, 0.717) is 6.42 Å². The van der Waals surface area contributed by atoms with E-state index >= 15 is 0 Å². The first-order valence-corrected chi connectivity index (χ1v) is 12.4. The van der Waals surface area contributed by atoms with Crippen LogP contribution in [0.2, 0.25) is 0 Å². The summed E-state index contributed by atoms with van der Waals surface area (Å²) in [5.41, 5.74) is 10.6. The Labute approximate surface area is 208 Å². The van der Waals surface area contributed by atoms with Gasteiger partial charge in [-0.05, 0) is 19.8 Å². The monoisotopic (exact) mass is 520 g/mol. The third kappa shape index (κ3) is 14.9. The maximum atomic E-state index is 12.8. The van der Waals surface area contributed by atoms with E-state index in [9.17, 15) is 28.8 Å². The number of nitrogens with one attached hydrogen (secondary N) is 2. The quantitative estimate of drug-likeness (QED) is 0.0926. The van der Waals surface area contributed by atoms with Gasteiger partial charge in [-0.25, -0.2) is 4.79 Å². The van der Waals surface area contributed by atoms with Gasteiger partial charge in [-0.15, -0.1) is 0 Å². The fraction of sp³-hybridized carbons (Fsp3) is 0.714. The van der Waals surface area contributed by atoms with Gasteiger partial charge in [0.25, 0.3) is 5.91 Å². The number of carboxylic acid groups (broad SMARTS) is 2. The minimum absolute atomic E-state index is 0.106. The van der Waals surface area contributed by atoms with Crippen LogP contribution in [0.3, 0.4) is 0 Å². The maximum absolute atomic E-state index is 12.8.